The first-order valence-corrected chi connectivity index (χ1v) is 8.89. The molecular weight excluding hydrogens is 342 g/mol. The fraction of sp³-hybridized carbons (Fsp3) is 0.412. The Balaban J connectivity index is 1.92. The van der Waals surface area contributed by atoms with Crippen molar-refractivity contribution < 1.29 is 19.1 Å². The third-order valence-corrected chi connectivity index (χ3v) is 4.47. The van der Waals surface area contributed by atoms with Gasteiger partial charge in [0.1, 0.15) is 0 Å². The van der Waals surface area contributed by atoms with Gasteiger partial charge in [-0.15, -0.1) is 0 Å². The number of carbonyl (C=O) groups excluding carboxylic acids is 3. The molecule has 0 fully saturated rings. The molecule has 1 heterocycles. The van der Waals surface area contributed by atoms with E-state index in [1.54, 1.807) is 0 Å². The van der Waals surface area contributed by atoms with Crippen LogP contribution in [0, 0.1) is 0 Å². The largest absolute Gasteiger partial charge is 0.452 e. The second-order valence-corrected chi connectivity index (χ2v) is 6.67. The number of benzene rings is 1. The fourth-order valence-corrected chi connectivity index (χ4v) is 3.23. The maximum Gasteiger partial charge on any atom is 0.303 e. The number of nitrogens with one attached hydrogen (secondary N) is 1. The van der Waals surface area contributed by atoms with Crippen LogP contribution in [0.4, 0.5) is 5.13 Å². The van der Waals surface area contributed by atoms with Crippen molar-refractivity contribution in [1.82, 2.24) is 4.98 Å². The minimum Gasteiger partial charge on any atom is -0.452 e. The van der Waals surface area contributed by atoms with Gasteiger partial charge in [0.05, 0.1) is 10.2 Å². The van der Waals surface area contributed by atoms with Gasteiger partial charge in [-0.05, 0) is 31.4 Å². The van der Waals surface area contributed by atoms with Crippen LogP contribution < -0.4 is 11.1 Å². The molecule has 0 spiro atoms. The second kappa shape index (κ2) is 9.12. The number of unbranched alkanes of at least 4 members (excludes halogenated alkanes) is 2. The van der Waals surface area contributed by atoms with Crippen LogP contribution in [0.2, 0.25) is 0 Å². The monoisotopic (exact) mass is 363 g/mol. The van der Waals surface area contributed by atoms with E-state index in [2.05, 4.69) is 10.3 Å². The minimum atomic E-state index is -0.877. The maximum absolute atomic E-state index is 12.4. The number of carbonyl (C=O) groups is 3. The summed E-state index contributed by atoms with van der Waals surface area (Å²) >= 11 is 1.36. The molecule has 0 aliphatic carbocycles. The molecule has 1 aromatic carbocycles. The summed E-state index contributed by atoms with van der Waals surface area (Å²) in [5.41, 5.74) is 5.89. The van der Waals surface area contributed by atoms with Crippen LogP contribution in [0.5, 0.6) is 0 Å². The molecule has 134 valence electrons. The van der Waals surface area contributed by atoms with E-state index in [0.717, 1.165) is 16.6 Å². The predicted molar refractivity (Wildman–Crippen MR) is 96.1 cm³/mol. The van der Waals surface area contributed by atoms with Crippen LogP contribution >= 0.6 is 11.3 Å². The number of aromatic nitrogens is 1. The van der Waals surface area contributed by atoms with Gasteiger partial charge >= 0.3 is 5.97 Å². The summed E-state index contributed by atoms with van der Waals surface area (Å²) in [4.78, 5) is 38.7. The molecule has 25 heavy (non-hydrogen) atoms. The van der Waals surface area contributed by atoms with E-state index < -0.39 is 18.0 Å². The van der Waals surface area contributed by atoms with E-state index in [0.29, 0.717) is 30.8 Å². The van der Waals surface area contributed by atoms with Gasteiger partial charge in [-0.3, -0.25) is 19.7 Å². The van der Waals surface area contributed by atoms with Gasteiger partial charge < -0.3 is 10.5 Å². The van der Waals surface area contributed by atoms with Crippen LogP contribution in [-0.4, -0.2) is 28.9 Å². The number of hydrogen-bond donors (Lipinski definition) is 2. The number of nitrogens with two attached hydrogens (primary N) is 1. The summed E-state index contributed by atoms with van der Waals surface area (Å²) in [5.74, 6) is -1.25. The average Bonchev–Trinajstić information content (AvgIpc) is 2.94. The second-order valence-electron chi connectivity index (χ2n) is 5.64. The number of para-hydroxylation sites is 1. The topological polar surface area (TPSA) is 111 Å². The molecule has 0 bridgehead atoms. The van der Waals surface area contributed by atoms with Gasteiger partial charge in [0.25, 0.3) is 5.91 Å². The van der Waals surface area contributed by atoms with Crippen molar-refractivity contribution in [3.8, 4) is 0 Å². The molecule has 1 atom stereocenters. The fourth-order valence-electron chi connectivity index (χ4n) is 2.36. The van der Waals surface area contributed by atoms with Crippen LogP contribution in [0.25, 0.3) is 10.2 Å². The number of esters is 1. The summed E-state index contributed by atoms with van der Waals surface area (Å²) in [6, 6.07) is 7.57. The maximum atomic E-state index is 12.4. The Hall–Kier alpha value is -2.48. The number of amides is 2. The molecule has 0 aliphatic rings. The molecule has 0 saturated carbocycles. The Morgan fingerprint density at radius 2 is 2.00 bits per heavy atom. The summed E-state index contributed by atoms with van der Waals surface area (Å²) < 4.78 is 6.09. The number of hydrogen-bond acceptors (Lipinski definition) is 6. The van der Waals surface area contributed by atoms with Crippen LogP contribution in [0.1, 0.15) is 39.0 Å². The lowest BCUT2D eigenvalue weighted by molar-refractivity contribution is -0.152. The number of primary amides is 1. The Kier molecular flexibility index (Phi) is 6.88. The quantitative estimate of drug-likeness (QED) is 0.525. The number of rotatable bonds is 9. The Morgan fingerprint density at radius 1 is 1.24 bits per heavy atom. The molecule has 0 saturated heterocycles. The van der Waals surface area contributed by atoms with E-state index in [4.69, 9.17) is 10.5 Å². The Bertz CT molecular complexity index is 726. The van der Waals surface area contributed by atoms with Gasteiger partial charge in [0.15, 0.2) is 11.2 Å². The molecule has 1 aromatic heterocycles. The van der Waals surface area contributed by atoms with Crippen LogP contribution in [0.3, 0.4) is 0 Å². The van der Waals surface area contributed by atoms with E-state index in [9.17, 15) is 14.4 Å². The zero-order valence-electron chi connectivity index (χ0n) is 14.0. The summed E-state index contributed by atoms with van der Waals surface area (Å²) in [5, 5.41) is 3.18. The lowest BCUT2D eigenvalue weighted by atomic mass is 10.1. The summed E-state index contributed by atoms with van der Waals surface area (Å²) in [7, 11) is 0. The molecule has 0 aliphatic heterocycles. The van der Waals surface area contributed by atoms with E-state index in [1.807, 2.05) is 24.3 Å². The molecule has 7 nitrogen and oxygen atoms in total. The molecule has 8 heteroatoms. The normalized spacial score (nSPS) is 11.9. The highest BCUT2D eigenvalue weighted by Crippen LogP contribution is 2.25. The minimum absolute atomic E-state index is 0.316. The lowest BCUT2D eigenvalue weighted by Gasteiger charge is -2.15. The summed E-state index contributed by atoms with van der Waals surface area (Å²) in [6.07, 6.45) is 1.86. The molecule has 2 aromatic rings. The number of anilines is 1. The highest BCUT2D eigenvalue weighted by atomic mass is 32.1. The highest BCUT2D eigenvalue weighted by Gasteiger charge is 2.22. The van der Waals surface area contributed by atoms with E-state index in [1.165, 1.54) is 18.3 Å². The number of nitrogens with zero attached hydrogens (tertiary/aromatic N) is 1. The zero-order chi connectivity index (χ0) is 18.2. The van der Waals surface area contributed by atoms with Crippen molar-refractivity contribution in [3.05, 3.63) is 24.3 Å². The van der Waals surface area contributed by atoms with Crippen molar-refractivity contribution in [3.63, 3.8) is 0 Å². The van der Waals surface area contributed by atoms with E-state index >= 15 is 0 Å². The van der Waals surface area contributed by atoms with Gasteiger partial charge in [-0.1, -0.05) is 29.9 Å². The van der Waals surface area contributed by atoms with Crippen LogP contribution in [-0.2, 0) is 19.1 Å². The van der Waals surface area contributed by atoms with Crippen molar-refractivity contribution in [2.24, 2.45) is 5.73 Å². The Morgan fingerprint density at radius 3 is 2.68 bits per heavy atom. The Labute approximate surface area is 149 Å². The molecule has 1 unspecified atom stereocenters. The SMILES string of the molecule is CC(=O)OC(CCCCCC(N)=O)C(=O)Nc1nc2ccccc2s1. The standard InChI is InChI=1S/C17H21N3O4S/c1-11(21)24-13(8-3-2-4-10-15(18)22)16(23)20-17-19-12-7-5-6-9-14(12)25-17/h5-7,9,13H,2-4,8,10H2,1H3,(H2,18,22)(H,19,20,23). The zero-order valence-corrected chi connectivity index (χ0v) is 14.8. The van der Waals surface area contributed by atoms with E-state index in [-0.39, 0.29) is 5.91 Å². The van der Waals surface area contributed by atoms with Gasteiger partial charge in [0.2, 0.25) is 5.91 Å². The van der Waals surface area contributed by atoms with Crippen molar-refractivity contribution in [2.75, 3.05) is 5.32 Å². The van der Waals surface area contributed by atoms with Crippen molar-refractivity contribution in [2.45, 2.75) is 45.1 Å². The number of thiazole rings is 1. The third-order valence-electron chi connectivity index (χ3n) is 3.51. The highest BCUT2D eigenvalue weighted by molar-refractivity contribution is 7.22. The van der Waals surface area contributed by atoms with Gasteiger partial charge in [-0.2, -0.15) is 0 Å². The first-order valence-electron chi connectivity index (χ1n) is 8.07. The first kappa shape index (κ1) is 18.9. The molecular formula is C17H21N3O4S. The van der Waals surface area contributed by atoms with Gasteiger partial charge in [0, 0.05) is 13.3 Å². The van der Waals surface area contributed by atoms with Crippen LogP contribution in [0.15, 0.2) is 24.3 Å². The predicted octanol–water partition coefficient (Wildman–Crippen LogP) is 2.60. The first-order chi connectivity index (χ1) is 12.0. The molecule has 3 N–H and O–H groups in total. The lowest BCUT2D eigenvalue weighted by Crippen LogP contribution is -2.32. The van der Waals surface area contributed by atoms with Crippen molar-refractivity contribution in [1.29, 1.82) is 0 Å². The van der Waals surface area contributed by atoms with Crippen molar-refractivity contribution >= 4 is 44.5 Å². The molecule has 0 radical (unpaired) electrons. The molecule has 2 rings (SSSR count). The number of fused-ring (bicyclic) bond motifs is 1. The summed E-state index contributed by atoms with van der Waals surface area (Å²) in [6.45, 7) is 1.27. The molecule has 2 amide bonds. The van der Waals surface area contributed by atoms with Gasteiger partial charge in [-0.25, -0.2) is 4.98 Å². The average molecular weight is 363 g/mol. The third kappa shape index (κ3) is 6.15. The number of ether oxygens (including phenoxy) is 1. The smallest absolute Gasteiger partial charge is 0.303 e.